The van der Waals surface area contributed by atoms with Gasteiger partial charge in [0.25, 0.3) is 0 Å². The SMILES string of the molecule is O=C(Nc1cccc(C2CCNN2)c1)C1CCN(CCCn2cnnn2)CC1. The molecular weight excluding hydrogens is 356 g/mol. The molecule has 0 spiro atoms. The van der Waals surface area contributed by atoms with Crippen molar-refractivity contribution in [3.8, 4) is 0 Å². The first-order valence-electron chi connectivity index (χ1n) is 10.1. The van der Waals surface area contributed by atoms with E-state index >= 15 is 0 Å². The molecule has 2 aliphatic rings. The largest absolute Gasteiger partial charge is 0.326 e. The van der Waals surface area contributed by atoms with Gasteiger partial charge in [0, 0.05) is 30.7 Å². The highest BCUT2D eigenvalue weighted by Crippen LogP contribution is 2.24. The number of hydrogen-bond donors (Lipinski definition) is 3. The minimum atomic E-state index is 0.0886. The number of aryl methyl sites for hydroxylation is 1. The molecule has 2 fully saturated rings. The second-order valence-electron chi connectivity index (χ2n) is 7.57. The van der Waals surface area contributed by atoms with E-state index in [1.807, 2.05) is 12.1 Å². The lowest BCUT2D eigenvalue weighted by Gasteiger charge is -2.31. The fraction of sp³-hybridized carbons (Fsp3) is 0.579. The number of hydrogen-bond acceptors (Lipinski definition) is 7. The summed E-state index contributed by atoms with van der Waals surface area (Å²) >= 11 is 0. The highest BCUT2D eigenvalue weighted by atomic mass is 16.1. The number of benzene rings is 1. The molecule has 1 atom stereocenters. The van der Waals surface area contributed by atoms with Crippen molar-refractivity contribution in [3.05, 3.63) is 36.2 Å². The molecule has 1 amide bonds. The smallest absolute Gasteiger partial charge is 0.227 e. The van der Waals surface area contributed by atoms with Crippen molar-refractivity contribution >= 4 is 11.6 Å². The summed E-state index contributed by atoms with van der Waals surface area (Å²) in [4.78, 5) is 15.1. The summed E-state index contributed by atoms with van der Waals surface area (Å²) < 4.78 is 1.76. The van der Waals surface area contributed by atoms with Gasteiger partial charge in [-0.2, -0.15) is 0 Å². The van der Waals surface area contributed by atoms with Gasteiger partial charge < -0.3 is 10.2 Å². The number of carbonyl (C=O) groups excluding carboxylic acids is 1. The molecule has 0 aliphatic carbocycles. The van der Waals surface area contributed by atoms with Gasteiger partial charge in [0.1, 0.15) is 6.33 Å². The molecule has 1 aromatic heterocycles. The van der Waals surface area contributed by atoms with Crippen molar-refractivity contribution in [2.45, 2.75) is 38.3 Å². The maximum atomic E-state index is 12.7. The van der Waals surface area contributed by atoms with Crippen LogP contribution in [0.25, 0.3) is 0 Å². The lowest BCUT2D eigenvalue weighted by Crippen LogP contribution is -2.38. The summed E-state index contributed by atoms with van der Waals surface area (Å²) in [6, 6.07) is 8.48. The van der Waals surface area contributed by atoms with Gasteiger partial charge in [0.2, 0.25) is 5.91 Å². The van der Waals surface area contributed by atoms with Crippen LogP contribution < -0.4 is 16.2 Å². The molecule has 0 bridgehead atoms. The Balaban J connectivity index is 1.21. The van der Waals surface area contributed by atoms with Crippen LogP contribution in [0.4, 0.5) is 5.69 Å². The number of carbonyl (C=O) groups is 1. The number of nitrogens with zero attached hydrogens (tertiary/aromatic N) is 5. The molecule has 2 aromatic rings. The van der Waals surface area contributed by atoms with E-state index in [0.29, 0.717) is 6.04 Å². The molecule has 3 heterocycles. The molecule has 28 heavy (non-hydrogen) atoms. The summed E-state index contributed by atoms with van der Waals surface area (Å²) in [7, 11) is 0. The monoisotopic (exact) mass is 384 g/mol. The van der Waals surface area contributed by atoms with Gasteiger partial charge in [-0.1, -0.05) is 12.1 Å². The molecule has 1 aromatic carbocycles. The van der Waals surface area contributed by atoms with Gasteiger partial charge >= 0.3 is 0 Å². The van der Waals surface area contributed by atoms with Crippen molar-refractivity contribution in [1.29, 1.82) is 0 Å². The molecule has 2 saturated heterocycles. The van der Waals surface area contributed by atoms with Crippen LogP contribution in [-0.2, 0) is 11.3 Å². The van der Waals surface area contributed by atoms with Crippen LogP contribution in [-0.4, -0.2) is 57.2 Å². The fourth-order valence-electron chi connectivity index (χ4n) is 3.97. The van der Waals surface area contributed by atoms with Crippen molar-refractivity contribution in [3.63, 3.8) is 0 Å². The zero-order valence-corrected chi connectivity index (χ0v) is 16.0. The van der Waals surface area contributed by atoms with E-state index < -0.39 is 0 Å². The Morgan fingerprint density at radius 3 is 2.86 bits per heavy atom. The molecule has 2 aliphatic heterocycles. The average molecular weight is 384 g/mol. The predicted molar refractivity (Wildman–Crippen MR) is 105 cm³/mol. The summed E-state index contributed by atoms with van der Waals surface area (Å²) in [5.41, 5.74) is 8.52. The van der Waals surface area contributed by atoms with E-state index in [0.717, 1.165) is 64.1 Å². The third-order valence-corrected chi connectivity index (χ3v) is 5.60. The number of nitrogens with one attached hydrogen (secondary N) is 3. The third kappa shape index (κ3) is 4.92. The van der Waals surface area contributed by atoms with E-state index in [1.165, 1.54) is 5.56 Å². The van der Waals surface area contributed by atoms with Crippen molar-refractivity contribution < 1.29 is 4.79 Å². The molecular formula is C19H28N8O. The van der Waals surface area contributed by atoms with Gasteiger partial charge in [-0.25, -0.2) is 4.68 Å². The maximum Gasteiger partial charge on any atom is 0.227 e. The molecule has 3 N–H and O–H groups in total. The standard InChI is InChI=1S/C19H28N8O/c28-19(22-17-4-1-3-16(13-17)18-5-8-20-23-18)15-6-11-26(12-7-15)9-2-10-27-14-21-24-25-27/h1,3-4,13-15,18,20,23H,2,5-12H2,(H,22,28). The van der Waals surface area contributed by atoms with E-state index in [-0.39, 0.29) is 11.8 Å². The fourth-order valence-corrected chi connectivity index (χ4v) is 3.97. The van der Waals surface area contributed by atoms with Gasteiger partial charge in [-0.15, -0.1) is 5.10 Å². The number of likely N-dealkylation sites (tertiary alicyclic amines) is 1. The lowest BCUT2D eigenvalue weighted by atomic mass is 9.95. The number of rotatable bonds is 7. The first-order valence-corrected chi connectivity index (χ1v) is 10.1. The van der Waals surface area contributed by atoms with Gasteiger partial charge in [-0.05, 0) is 73.4 Å². The van der Waals surface area contributed by atoms with Crippen LogP contribution in [0.2, 0.25) is 0 Å². The van der Waals surface area contributed by atoms with Crippen LogP contribution in [0.1, 0.15) is 37.3 Å². The summed E-state index contributed by atoms with van der Waals surface area (Å²) in [5.74, 6) is 0.230. The summed E-state index contributed by atoms with van der Waals surface area (Å²) in [6.07, 6.45) is 5.53. The minimum Gasteiger partial charge on any atom is -0.326 e. The Hall–Kier alpha value is -2.36. The maximum absolute atomic E-state index is 12.7. The number of tetrazole rings is 1. The zero-order chi connectivity index (χ0) is 19.2. The molecule has 0 radical (unpaired) electrons. The quantitative estimate of drug-likeness (QED) is 0.654. The first-order chi connectivity index (χ1) is 13.8. The first kappa shape index (κ1) is 19.0. The number of anilines is 1. The Kier molecular flexibility index (Phi) is 6.25. The molecule has 0 saturated carbocycles. The van der Waals surface area contributed by atoms with E-state index in [2.05, 4.69) is 48.7 Å². The van der Waals surface area contributed by atoms with Gasteiger partial charge in [0.05, 0.1) is 0 Å². The minimum absolute atomic E-state index is 0.0886. The topological polar surface area (TPSA) is 100 Å². The molecule has 9 nitrogen and oxygen atoms in total. The van der Waals surface area contributed by atoms with Gasteiger partial charge in [0.15, 0.2) is 0 Å². The normalized spacial score (nSPS) is 21.1. The number of hydrazine groups is 1. The molecule has 4 rings (SSSR count). The number of amides is 1. The van der Waals surface area contributed by atoms with Gasteiger partial charge in [-0.3, -0.25) is 15.6 Å². The van der Waals surface area contributed by atoms with E-state index in [1.54, 1.807) is 11.0 Å². The highest BCUT2D eigenvalue weighted by molar-refractivity contribution is 5.92. The average Bonchev–Trinajstić information content (AvgIpc) is 3.43. The van der Waals surface area contributed by atoms with Crippen LogP contribution in [0.5, 0.6) is 0 Å². The van der Waals surface area contributed by atoms with Crippen molar-refractivity contribution in [1.82, 2.24) is 36.0 Å². The van der Waals surface area contributed by atoms with E-state index in [9.17, 15) is 4.79 Å². The third-order valence-electron chi connectivity index (χ3n) is 5.60. The van der Waals surface area contributed by atoms with Crippen LogP contribution >= 0.6 is 0 Å². The van der Waals surface area contributed by atoms with Crippen LogP contribution in [0, 0.1) is 5.92 Å². The summed E-state index contributed by atoms with van der Waals surface area (Å²) in [5, 5.41) is 14.3. The zero-order valence-electron chi connectivity index (χ0n) is 16.0. The van der Waals surface area contributed by atoms with Crippen LogP contribution in [0.15, 0.2) is 30.6 Å². The number of piperidine rings is 1. The Morgan fingerprint density at radius 2 is 2.11 bits per heavy atom. The highest BCUT2D eigenvalue weighted by Gasteiger charge is 2.25. The van der Waals surface area contributed by atoms with Crippen molar-refractivity contribution in [2.24, 2.45) is 5.92 Å². The lowest BCUT2D eigenvalue weighted by molar-refractivity contribution is -0.121. The Morgan fingerprint density at radius 1 is 1.21 bits per heavy atom. The Bertz CT molecular complexity index is 751. The molecule has 150 valence electrons. The van der Waals surface area contributed by atoms with Crippen LogP contribution in [0.3, 0.4) is 0 Å². The molecule has 9 heteroatoms. The second-order valence-corrected chi connectivity index (χ2v) is 7.57. The van der Waals surface area contributed by atoms with Crippen molar-refractivity contribution in [2.75, 3.05) is 31.5 Å². The second kappa shape index (κ2) is 9.22. The predicted octanol–water partition coefficient (Wildman–Crippen LogP) is 0.953. The Labute approximate surface area is 164 Å². The summed E-state index contributed by atoms with van der Waals surface area (Å²) in [6.45, 7) is 4.74. The molecule has 1 unspecified atom stereocenters. The number of aromatic nitrogens is 4. The van der Waals surface area contributed by atoms with E-state index in [4.69, 9.17) is 0 Å².